The van der Waals surface area contributed by atoms with Gasteiger partial charge in [0.1, 0.15) is 11.2 Å². The molecule has 172 valence electrons. The first-order valence-corrected chi connectivity index (χ1v) is 11.4. The summed E-state index contributed by atoms with van der Waals surface area (Å²) in [6.07, 6.45) is 0. The Bertz CT molecular complexity index is 1860. The maximum Gasteiger partial charge on any atom is 0.291 e. The zero-order chi connectivity index (χ0) is 24.1. The molecule has 0 radical (unpaired) electrons. The van der Waals surface area contributed by atoms with Crippen LogP contribution >= 0.6 is 0 Å². The monoisotopic (exact) mass is 471 g/mol. The molecule has 0 aliphatic heterocycles. The van der Waals surface area contributed by atoms with Gasteiger partial charge in [-0.1, -0.05) is 48.5 Å². The average molecular weight is 471 g/mol. The Balaban J connectivity index is 1.12. The van der Waals surface area contributed by atoms with Gasteiger partial charge in [-0.25, -0.2) is 0 Å². The molecule has 3 heterocycles. The summed E-state index contributed by atoms with van der Waals surface area (Å²) in [5, 5.41) is 15.3. The molecule has 1 N–H and O–H groups in total. The number of benzene rings is 4. The van der Waals surface area contributed by atoms with Gasteiger partial charge in [0, 0.05) is 22.0 Å². The van der Waals surface area contributed by atoms with Crippen molar-refractivity contribution in [2.75, 3.05) is 5.32 Å². The minimum absolute atomic E-state index is 0.250. The number of furan rings is 2. The highest BCUT2D eigenvalue weighted by Gasteiger charge is 2.17. The van der Waals surface area contributed by atoms with Gasteiger partial charge >= 0.3 is 0 Å². The van der Waals surface area contributed by atoms with Gasteiger partial charge in [-0.2, -0.15) is 0 Å². The summed E-state index contributed by atoms with van der Waals surface area (Å²) in [6.45, 7) is 0. The van der Waals surface area contributed by atoms with Crippen molar-refractivity contribution < 1.29 is 18.0 Å². The molecular weight excluding hydrogens is 454 g/mol. The maximum absolute atomic E-state index is 12.6. The van der Waals surface area contributed by atoms with E-state index < -0.39 is 0 Å². The van der Waals surface area contributed by atoms with E-state index >= 15 is 0 Å². The molecule has 36 heavy (non-hydrogen) atoms. The molecule has 0 unspecified atom stereocenters. The highest BCUT2D eigenvalue weighted by atomic mass is 16.4. The molecular formula is C29H17N3O4. The lowest BCUT2D eigenvalue weighted by Gasteiger charge is -2.03. The van der Waals surface area contributed by atoms with E-state index in [2.05, 4.69) is 27.6 Å². The number of aromatic nitrogens is 2. The Morgan fingerprint density at radius 3 is 2.28 bits per heavy atom. The summed E-state index contributed by atoms with van der Waals surface area (Å²) in [5.74, 6) is 1.09. The number of rotatable bonds is 4. The Labute approximate surface area is 204 Å². The Hall–Kier alpha value is -5.17. The van der Waals surface area contributed by atoms with Crippen LogP contribution in [0, 0.1) is 0 Å². The van der Waals surface area contributed by atoms with E-state index in [1.807, 2.05) is 54.6 Å². The number of amides is 1. The van der Waals surface area contributed by atoms with Crippen molar-refractivity contribution in [1.29, 1.82) is 0 Å². The van der Waals surface area contributed by atoms with Gasteiger partial charge in [0.25, 0.3) is 11.8 Å². The first-order valence-electron chi connectivity index (χ1n) is 11.4. The molecule has 3 aromatic heterocycles. The number of hydrogen-bond acceptors (Lipinski definition) is 6. The van der Waals surface area contributed by atoms with E-state index in [1.54, 1.807) is 30.3 Å². The van der Waals surface area contributed by atoms with E-state index in [-0.39, 0.29) is 11.7 Å². The number of para-hydroxylation sites is 1. The van der Waals surface area contributed by atoms with Crippen molar-refractivity contribution in [2.24, 2.45) is 0 Å². The van der Waals surface area contributed by atoms with Crippen LogP contribution in [-0.4, -0.2) is 16.1 Å². The third kappa shape index (κ3) is 3.42. The van der Waals surface area contributed by atoms with Crippen molar-refractivity contribution >= 4 is 44.3 Å². The summed E-state index contributed by atoms with van der Waals surface area (Å²) in [6, 6.07) is 30.4. The second-order valence-corrected chi connectivity index (χ2v) is 8.40. The summed E-state index contributed by atoms with van der Waals surface area (Å²) in [5.41, 5.74) is 2.76. The van der Waals surface area contributed by atoms with Crippen LogP contribution < -0.4 is 5.32 Å². The minimum Gasteiger partial charge on any atom is -0.451 e. The molecule has 7 aromatic rings. The van der Waals surface area contributed by atoms with Crippen LogP contribution in [0.15, 0.2) is 110 Å². The molecule has 4 aromatic carbocycles. The topological polar surface area (TPSA) is 94.3 Å². The van der Waals surface area contributed by atoms with Crippen molar-refractivity contribution in [1.82, 2.24) is 10.2 Å². The van der Waals surface area contributed by atoms with Crippen LogP contribution in [0.25, 0.3) is 55.8 Å². The predicted octanol–water partition coefficient (Wildman–Crippen LogP) is 7.30. The fourth-order valence-electron chi connectivity index (χ4n) is 4.32. The lowest BCUT2D eigenvalue weighted by Crippen LogP contribution is -2.10. The Morgan fingerprint density at radius 2 is 1.42 bits per heavy atom. The van der Waals surface area contributed by atoms with E-state index in [0.29, 0.717) is 28.8 Å². The smallest absolute Gasteiger partial charge is 0.291 e. The van der Waals surface area contributed by atoms with Gasteiger partial charge in [0.15, 0.2) is 11.5 Å². The van der Waals surface area contributed by atoms with Crippen LogP contribution in [0.5, 0.6) is 0 Å². The molecule has 0 bridgehead atoms. The van der Waals surface area contributed by atoms with Crippen molar-refractivity contribution in [3.05, 3.63) is 103 Å². The van der Waals surface area contributed by atoms with Crippen molar-refractivity contribution in [2.45, 2.75) is 0 Å². The Morgan fingerprint density at radius 1 is 0.639 bits per heavy atom. The second kappa shape index (κ2) is 7.95. The molecule has 0 aliphatic carbocycles. The van der Waals surface area contributed by atoms with Gasteiger partial charge in [-0.05, 0) is 59.3 Å². The van der Waals surface area contributed by atoms with Crippen LogP contribution in [0.3, 0.4) is 0 Å². The maximum atomic E-state index is 12.6. The third-order valence-corrected chi connectivity index (χ3v) is 6.10. The molecule has 7 rings (SSSR count). The van der Waals surface area contributed by atoms with E-state index in [0.717, 1.165) is 32.7 Å². The van der Waals surface area contributed by atoms with Crippen molar-refractivity contribution in [3.8, 4) is 23.1 Å². The quantitative estimate of drug-likeness (QED) is 0.289. The second-order valence-electron chi connectivity index (χ2n) is 8.40. The van der Waals surface area contributed by atoms with Gasteiger partial charge in [-0.15, -0.1) is 10.2 Å². The first-order chi connectivity index (χ1) is 17.7. The van der Waals surface area contributed by atoms with Gasteiger partial charge in [0.05, 0.1) is 0 Å². The molecule has 0 aliphatic rings. The molecule has 7 nitrogen and oxygen atoms in total. The summed E-state index contributed by atoms with van der Waals surface area (Å²) >= 11 is 0. The molecule has 0 saturated carbocycles. The molecule has 0 atom stereocenters. The fourth-order valence-corrected chi connectivity index (χ4v) is 4.32. The highest BCUT2D eigenvalue weighted by Crippen LogP contribution is 2.33. The summed E-state index contributed by atoms with van der Waals surface area (Å²) in [7, 11) is 0. The Kier molecular flexibility index (Phi) is 4.47. The zero-order valence-electron chi connectivity index (χ0n) is 18.8. The molecule has 0 saturated heterocycles. The number of carbonyl (C=O) groups is 1. The molecule has 0 spiro atoms. The van der Waals surface area contributed by atoms with Gasteiger partial charge in [-0.3, -0.25) is 4.79 Å². The number of nitrogens with zero attached hydrogens (tertiary/aromatic N) is 2. The summed E-state index contributed by atoms with van der Waals surface area (Å²) in [4.78, 5) is 12.6. The standard InChI is InChI=1S/C29H17N3O4/c33-27(25-15-19-6-2-4-8-23(19)34-25)30-20-12-9-18(10-13-20)28-31-32-29(36-28)26-16-22-21-7-3-1-5-17(21)11-14-24(22)35-26/h1-16H,(H,30,33). The van der Waals surface area contributed by atoms with E-state index in [4.69, 9.17) is 13.3 Å². The SMILES string of the molecule is O=C(Nc1ccc(-c2nnc(-c3cc4c(ccc5ccccc54)o3)o2)cc1)c1cc2ccccc2o1. The lowest BCUT2D eigenvalue weighted by molar-refractivity contribution is 0.0998. The molecule has 7 heteroatoms. The number of nitrogens with one attached hydrogen (secondary N) is 1. The number of fused-ring (bicyclic) bond motifs is 4. The summed E-state index contributed by atoms with van der Waals surface area (Å²) < 4.78 is 17.5. The van der Waals surface area contributed by atoms with Crippen LogP contribution in [0.4, 0.5) is 5.69 Å². The lowest BCUT2D eigenvalue weighted by atomic mass is 10.1. The number of anilines is 1. The van der Waals surface area contributed by atoms with Crippen LogP contribution in [-0.2, 0) is 0 Å². The van der Waals surface area contributed by atoms with Gasteiger partial charge in [0.2, 0.25) is 5.89 Å². The van der Waals surface area contributed by atoms with E-state index in [9.17, 15) is 4.79 Å². The minimum atomic E-state index is -0.323. The zero-order valence-corrected chi connectivity index (χ0v) is 18.8. The molecule has 0 fully saturated rings. The van der Waals surface area contributed by atoms with Gasteiger partial charge < -0.3 is 18.6 Å². The molecule has 1 amide bonds. The van der Waals surface area contributed by atoms with Crippen molar-refractivity contribution in [3.63, 3.8) is 0 Å². The average Bonchev–Trinajstić information content (AvgIpc) is 3.67. The fraction of sp³-hybridized carbons (Fsp3) is 0. The highest BCUT2D eigenvalue weighted by molar-refractivity contribution is 6.07. The first kappa shape index (κ1) is 20.2. The number of carbonyl (C=O) groups excluding carboxylic acids is 1. The largest absolute Gasteiger partial charge is 0.451 e. The third-order valence-electron chi connectivity index (χ3n) is 6.10. The van der Waals surface area contributed by atoms with Crippen LogP contribution in [0.1, 0.15) is 10.6 Å². The van der Waals surface area contributed by atoms with Crippen LogP contribution in [0.2, 0.25) is 0 Å². The number of hydrogen-bond donors (Lipinski definition) is 1. The predicted molar refractivity (Wildman–Crippen MR) is 137 cm³/mol. The van der Waals surface area contributed by atoms with E-state index in [1.165, 1.54) is 0 Å². The normalized spacial score (nSPS) is 11.4.